The quantitative estimate of drug-likeness (QED) is 0.261. The molecule has 0 radical (unpaired) electrons. The lowest BCUT2D eigenvalue weighted by molar-refractivity contribution is -0.154. The van der Waals surface area contributed by atoms with Crippen LogP contribution in [0.25, 0.3) is 0 Å². The van der Waals surface area contributed by atoms with Crippen LogP contribution in [0.2, 0.25) is 0 Å². The van der Waals surface area contributed by atoms with Crippen molar-refractivity contribution in [3.8, 4) is 5.75 Å². The highest BCUT2D eigenvalue weighted by Crippen LogP contribution is 2.26. The zero-order chi connectivity index (χ0) is 24.9. The number of hydrogen-bond donors (Lipinski definition) is 3. The van der Waals surface area contributed by atoms with Crippen molar-refractivity contribution in [2.24, 2.45) is 5.73 Å². The van der Waals surface area contributed by atoms with Gasteiger partial charge in [-0.05, 0) is 57.1 Å². The summed E-state index contributed by atoms with van der Waals surface area (Å²) < 4.78 is 5.91. The van der Waals surface area contributed by atoms with E-state index in [1.54, 1.807) is 18.2 Å². The lowest BCUT2D eigenvalue weighted by Gasteiger charge is -2.26. The van der Waals surface area contributed by atoms with Gasteiger partial charge in [-0.25, -0.2) is 4.79 Å². The standard InChI is InChI=1S/C26H40N2O6/c1-2-3-4-6-12-19(13-7-5-8-17-23(30)24(27)31)34-26(33)21-15-11-18-28(21)25(32)20-14-9-10-16-22(20)29/h9-10,14,16,19,21,23,29-30H,2-8,11-13,15,17-18H2,1H3,(H2,27,31)/t19?,21-,23?/m0/s1. The number of aliphatic hydroxyl groups excluding tert-OH is 1. The Balaban J connectivity index is 1.92. The summed E-state index contributed by atoms with van der Waals surface area (Å²) in [5, 5.41) is 19.6. The molecule has 2 unspecified atom stereocenters. The third kappa shape index (κ3) is 8.63. The number of benzene rings is 1. The van der Waals surface area contributed by atoms with Gasteiger partial charge in [0.1, 0.15) is 24.0 Å². The maximum Gasteiger partial charge on any atom is 0.329 e. The molecule has 8 heteroatoms. The maximum atomic E-state index is 13.1. The number of aromatic hydroxyl groups is 1. The van der Waals surface area contributed by atoms with E-state index in [0.717, 1.165) is 44.9 Å². The minimum atomic E-state index is -1.11. The number of unbranched alkanes of at least 4 members (excludes halogenated alkanes) is 5. The zero-order valence-electron chi connectivity index (χ0n) is 20.3. The number of esters is 1. The number of amides is 2. The molecule has 1 saturated heterocycles. The van der Waals surface area contributed by atoms with E-state index in [4.69, 9.17) is 10.5 Å². The fourth-order valence-corrected chi connectivity index (χ4v) is 4.40. The van der Waals surface area contributed by atoms with Gasteiger partial charge in [-0.3, -0.25) is 9.59 Å². The van der Waals surface area contributed by atoms with Crippen molar-refractivity contribution in [2.45, 2.75) is 102 Å². The van der Waals surface area contributed by atoms with Crippen LogP contribution in [0, 0.1) is 0 Å². The molecule has 1 aromatic rings. The lowest BCUT2D eigenvalue weighted by atomic mass is 10.0. The average molecular weight is 477 g/mol. The van der Waals surface area contributed by atoms with E-state index in [0.29, 0.717) is 38.6 Å². The van der Waals surface area contributed by atoms with Crippen molar-refractivity contribution in [2.75, 3.05) is 6.54 Å². The summed E-state index contributed by atoms with van der Waals surface area (Å²) in [5.41, 5.74) is 5.27. The molecule has 1 fully saturated rings. The van der Waals surface area contributed by atoms with Crippen LogP contribution in [-0.2, 0) is 14.3 Å². The van der Waals surface area contributed by atoms with Crippen molar-refractivity contribution in [1.82, 2.24) is 4.90 Å². The van der Waals surface area contributed by atoms with Crippen LogP contribution in [0.15, 0.2) is 24.3 Å². The number of carbonyl (C=O) groups is 3. The SMILES string of the molecule is CCCCCCC(CCCCCC(O)C(N)=O)OC(=O)[C@@H]1CCCN1C(=O)c1ccccc1O. The van der Waals surface area contributed by atoms with E-state index in [1.165, 1.54) is 11.0 Å². The number of phenols is 1. The number of likely N-dealkylation sites (tertiary alicyclic amines) is 1. The monoisotopic (exact) mass is 476 g/mol. The van der Waals surface area contributed by atoms with Gasteiger partial charge in [0.2, 0.25) is 5.91 Å². The molecule has 1 aliphatic heterocycles. The van der Waals surface area contributed by atoms with E-state index >= 15 is 0 Å². The smallest absolute Gasteiger partial charge is 0.329 e. The number of phenolic OH excluding ortho intramolecular Hbond substituents is 1. The first kappa shape index (κ1) is 27.6. The summed E-state index contributed by atoms with van der Waals surface area (Å²) in [6, 6.07) is 5.72. The third-order valence-corrected chi connectivity index (χ3v) is 6.41. The molecule has 190 valence electrons. The van der Waals surface area contributed by atoms with Crippen molar-refractivity contribution < 1.29 is 29.3 Å². The van der Waals surface area contributed by atoms with E-state index in [2.05, 4.69) is 6.92 Å². The molecular formula is C26H40N2O6. The second-order valence-corrected chi connectivity index (χ2v) is 9.14. The summed E-state index contributed by atoms with van der Waals surface area (Å²) in [6.45, 7) is 2.60. The first-order valence-corrected chi connectivity index (χ1v) is 12.6. The van der Waals surface area contributed by atoms with Crippen LogP contribution < -0.4 is 5.73 Å². The van der Waals surface area contributed by atoms with Crippen molar-refractivity contribution in [3.05, 3.63) is 29.8 Å². The summed E-state index contributed by atoms with van der Waals surface area (Å²) in [5.74, 6) is -1.54. The molecule has 2 rings (SSSR count). The Morgan fingerprint density at radius 3 is 2.35 bits per heavy atom. The number of carbonyl (C=O) groups excluding carboxylic acids is 3. The van der Waals surface area contributed by atoms with Crippen LogP contribution in [0.3, 0.4) is 0 Å². The minimum absolute atomic E-state index is 0.0956. The Morgan fingerprint density at radius 2 is 1.71 bits per heavy atom. The molecule has 1 heterocycles. The second-order valence-electron chi connectivity index (χ2n) is 9.14. The fourth-order valence-electron chi connectivity index (χ4n) is 4.40. The number of ether oxygens (including phenoxy) is 1. The molecule has 0 saturated carbocycles. The summed E-state index contributed by atoms with van der Waals surface area (Å²) in [6.07, 6.45) is 8.31. The highest BCUT2D eigenvalue weighted by molar-refractivity contribution is 5.99. The van der Waals surface area contributed by atoms with E-state index < -0.39 is 18.1 Å². The van der Waals surface area contributed by atoms with Gasteiger partial charge in [0, 0.05) is 6.54 Å². The maximum absolute atomic E-state index is 13.1. The number of nitrogens with zero attached hydrogens (tertiary/aromatic N) is 1. The van der Waals surface area contributed by atoms with Gasteiger partial charge in [-0.1, -0.05) is 51.2 Å². The molecule has 0 bridgehead atoms. The van der Waals surface area contributed by atoms with Crippen molar-refractivity contribution in [3.63, 3.8) is 0 Å². The largest absolute Gasteiger partial charge is 0.507 e. The Morgan fingerprint density at radius 1 is 1.06 bits per heavy atom. The molecule has 0 spiro atoms. The predicted octanol–water partition coefficient (Wildman–Crippen LogP) is 3.68. The minimum Gasteiger partial charge on any atom is -0.507 e. The number of para-hydroxylation sites is 1. The van der Waals surface area contributed by atoms with Gasteiger partial charge in [-0.15, -0.1) is 0 Å². The van der Waals surface area contributed by atoms with Crippen LogP contribution >= 0.6 is 0 Å². The molecule has 1 aliphatic rings. The van der Waals surface area contributed by atoms with Gasteiger partial charge in [0.05, 0.1) is 5.56 Å². The van der Waals surface area contributed by atoms with E-state index in [-0.39, 0.29) is 29.3 Å². The van der Waals surface area contributed by atoms with Crippen LogP contribution in [0.1, 0.15) is 94.3 Å². The molecule has 34 heavy (non-hydrogen) atoms. The molecule has 0 aliphatic carbocycles. The van der Waals surface area contributed by atoms with Gasteiger partial charge in [-0.2, -0.15) is 0 Å². The number of rotatable bonds is 15. The Kier molecular flexibility index (Phi) is 11.9. The van der Waals surface area contributed by atoms with Crippen molar-refractivity contribution in [1.29, 1.82) is 0 Å². The Hall–Kier alpha value is -2.61. The van der Waals surface area contributed by atoms with Gasteiger partial charge >= 0.3 is 5.97 Å². The predicted molar refractivity (Wildman–Crippen MR) is 129 cm³/mol. The number of primary amides is 1. The molecule has 3 atom stereocenters. The average Bonchev–Trinajstić information content (AvgIpc) is 3.31. The number of nitrogens with two attached hydrogens (primary N) is 1. The molecule has 1 aromatic carbocycles. The highest BCUT2D eigenvalue weighted by atomic mass is 16.5. The van der Waals surface area contributed by atoms with Gasteiger partial charge < -0.3 is 25.6 Å². The summed E-state index contributed by atoms with van der Waals surface area (Å²) in [7, 11) is 0. The molecule has 0 aromatic heterocycles. The van der Waals surface area contributed by atoms with Crippen LogP contribution in [0.5, 0.6) is 5.75 Å². The fraction of sp³-hybridized carbons (Fsp3) is 0.654. The number of hydrogen-bond acceptors (Lipinski definition) is 6. The number of aliphatic hydroxyl groups is 1. The molecule has 8 nitrogen and oxygen atoms in total. The normalized spacial score (nSPS) is 17.4. The second kappa shape index (κ2) is 14.6. The Labute approximate surface area is 202 Å². The summed E-state index contributed by atoms with van der Waals surface area (Å²) in [4.78, 5) is 38.5. The van der Waals surface area contributed by atoms with Crippen LogP contribution in [-0.4, -0.2) is 57.7 Å². The van der Waals surface area contributed by atoms with E-state index in [1.807, 2.05) is 0 Å². The summed E-state index contributed by atoms with van der Waals surface area (Å²) >= 11 is 0. The van der Waals surface area contributed by atoms with Gasteiger partial charge in [0.25, 0.3) is 5.91 Å². The molecule has 2 amide bonds. The zero-order valence-corrected chi connectivity index (χ0v) is 20.3. The van der Waals surface area contributed by atoms with Gasteiger partial charge in [0.15, 0.2) is 0 Å². The highest BCUT2D eigenvalue weighted by Gasteiger charge is 2.37. The van der Waals surface area contributed by atoms with E-state index in [9.17, 15) is 24.6 Å². The molecule has 4 N–H and O–H groups in total. The van der Waals surface area contributed by atoms with Crippen LogP contribution in [0.4, 0.5) is 0 Å². The Bertz CT molecular complexity index is 799. The first-order valence-electron chi connectivity index (χ1n) is 12.6. The first-order chi connectivity index (χ1) is 16.3. The van der Waals surface area contributed by atoms with Crippen molar-refractivity contribution >= 4 is 17.8 Å². The topological polar surface area (TPSA) is 130 Å². The third-order valence-electron chi connectivity index (χ3n) is 6.41. The lowest BCUT2D eigenvalue weighted by Crippen LogP contribution is -2.42. The molecular weight excluding hydrogens is 436 g/mol.